The summed E-state index contributed by atoms with van der Waals surface area (Å²) in [5, 5.41) is 16.7. The number of nitrogens with one attached hydrogen (secondary N) is 1. The first-order valence-corrected chi connectivity index (χ1v) is 10.9. The summed E-state index contributed by atoms with van der Waals surface area (Å²) in [6, 6.07) is 14.6. The summed E-state index contributed by atoms with van der Waals surface area (Å²) in [6.45, 7) is 5.19. The number of hydrogen-bond acceptors (Lipinski definition) is 7. The highest BCUT2D eigenvalue weighted by Gasteiger charge is 2.27. The lowest BCUT2D eigenvalue weighted by atomic mass is 9.97. The molecule has 5 rings (SSSR count). The van der Waals surface area contributed by atoms with Gasteiger partial charge in [-0.15, -0.1) is 10.2 Å². The molecule has 1 aromatic carbocycles. The van der Waals surface area contributed by atoms with Gasteiger partial charge >= 0.3 is 5.63 Å². The van der Waals surface area contributed by atoms with E-state index in [1.165, 1.54) is 0 Å². The number of piperidine rings is 1. The summed E-state index contributed by atoms with van der Waals surface area (Å²) in [5.74, 6) is 0.887. The molecule has 1 aliphatic rings. The Morgan fingerprint density at radius 1 is 1.09 bits per heavy atom. The van der Waals surface area contributed by atoms with Gasteiger partial charge in [0.05, 0.1) is 11.6 Å². The van der Waals surface area contributed by atoms with E-state index in [2.05, 4.69) is 25.5 Å². The van der Waals surface area contributed by atoms with Crippen molar-refractivity contribution in [1.82, 2.24) is 20.0 Å². The van der Waals surface area contributed by atoms with Gasteiger partial charge in [-0.3, -0.25) is 4.79 Å². The van der Waals surface area contributed by atoms with Gasteiger partial charge in [0.2, 0.25) is 5.91 Å². The smallest absolute Gasteiger partial charge is 0.360 e. The maximum absolute atomic E-state index is 12.9. The minimum Gasteiger partial charge on any atom is -0.421 e. The molecule has 1 N–H and O–H groups in total. The second kappa shape index (κ2) is 8.50. The number of aryl methyl sites for hydroxylation is 2. The van der Waals surface area contributed by atoms with Gasteiger partial charge in [0.25, 0.3) is 0 Å². The van der Waals surface area contributed by atoms with Crippen LogP contribution in [-0.2, 0) is 4.79 Å². The summed E-state index contributed by atoms with van der Waals surface area (Å²) in [5.41, 5.74) is 2.00. The van der Waals surface area contributed by atoms with Crippen LogP contribution in [0, 0.1) is 19.8 Å². The molecule has 0 bridgehead atoms. The Morgan fingerprint density at radius 3 is 2.64 bits per heavy atom. The molecule has 9 heteroatoms. The number of anilines is 2. The van der Waals surface area contributed by atoms with Crippen LogP contribution in [0.5, 0.6) is 0 Å². The van der Waals surface area contributed by atoms with Crippen molar-refractivity contribution in [1.29, 1.82) is 0 Å². The van der Waals surface area contributed by atoms with Gasteiger partial charge in [0.15, 0.2) is 11.6 Å². The fourth-order valence-corrected chi connectivity index (χ4v) is 4.24. The zero-order valence-electron chi connectivity index (χ0n) is 18.5. The van der Waals surface area contributed by atoms with E-state index in [-0.39, 0.29) is 17.5 Å². The summed E-state index contributed by atoms with van der Waals surface area (Å²) in [4.78, 5) is 27.3. The monoisotopic (exact) mass is 444 g/mol. The largest absolute Gasteiger partial charge is 0.421 e. The number of benzene rings is 1. The molecular formula is C24H24N6O3. The first-order valence-electron chi connectivity index (χ1n) is 10.9. The molecule has 0 spiro atoms. The molecule has 9 nitrogen and oxygen atoms in total. The van der Waals surface area contributed by atoms with Crippen LogP contribution >= 0.6 is 0 Å². The standard InChI is InChI=1S/C24H24N6O3/c1-15-12-16(2)30(28-15)22-10-9-21(26-27-22)29-11-5-7-18(14-29)23(31)25-19-13-17-6-3-4-8-20(17)33-24(19)32/h3-4,6,8-10,12-13,18H,5,7,11,14H2,1-2H3,(H,25,31)/t18-/m1/s1. The van der Waals surface area contributed by atoms with E-state index in [1.54, 1.807) is 22.9 Å². The normalized spacial score (nSPS) is 16.2. The number of rotatable bonds is 4. The molecule has 0 radical (unpaired) electrons. The highest BCUT2D eigenvalue weighted by Crippen LogP contribution is 2.23. The van der Waals surface area contributed by atoms with Crippen LogP contribution in [0.3, 0.4) is 0 Å². The van der Waals surface area contributed by atoms with Crippen molar-refractivity contribution in [2.75, 3.05) is 23.3 Å². The fourth-order valence-electron chi connectivity index (χ4n) is 4.24. The van der Waals surface area contributed by atoms with Gasteiger partial charge in [-0.1, -0.05) is 18.2 Å². The highest BCUT2D eigenvalue weighted by molar-refractivity contribution is 5.94. The topological polar surface area (TPSA) is 106 Å². The first kappa shape index (κ1) is 20.9. The van der Waals surface area contributed by atoms with Gasteiger partial charge in [-0.05, 0) is 57.0 Å². The molecule has 4 aromatic rings. The Labute approximate surface area is 190 Å². The number of fused-ring (bicyclic) bond motifs is 1. The lowest BCUT2D eigenvalue weighted by Crippen LogP contribution is -2.41. The van der Waals surface area contributed by atoms with Gasteiger partial charge in [-0.2, -0.15) is 5.10 Å². The van der Waals surface area contributed by atoms with Crippen LogP contribution in [0.25, 0.3) is 16.8 Å². The molecule has 3 aromatic heterocycles. The average Bonchev–Trinajstić information content (AvgIpc) is 3.17. The van der Waals surface area contributed by atoms with Crippen molar-refractivity contribution in [2.45, 2.75) is 26.7 Å². The van der Waals surface area contributed by atoms with E-state index < -0.39 is 5.63 Å². The van der Waals surface area contributed by atoms with Crippen LogP contribution in [0.2, 0.25) is 0 Å². The number of hydrogen-bond donors (Lipinski definition) is 1. The molecule has 1 atom stereocenters. The molecule has 0 saturated carbocycles. The molecule has 0 aliphatic carbocycles. The van der Waals surface area contributed by atoms with Crippen LogP contribution in [-0.4, -0.2) is 39.0 Å². The van der Waals surface area contributed by atoms with Crippen LogP contribution in [0.4, 0.5) is 11.5 Å². The second-order valence-electron chi connectivity index (χ2n) is 8.35. The van der Waals surface area contributed by atoms with E-state index in [4.69, 9.17) is 4.42 Å². The summed E-state index contributed by atoms with van der Waals surface area (Å²) in [6.07, 6.45) is 1.57. The summed E-state index contributed by atoms with van der Waals surface area (Å²) >= 11 is 0. The number of carbonyl (C=O) groups excluding carboxylic acids is 1. The van der Waals surface area contributed by atoms with Crippen molar-refractivity contribution >= 4 is 28.4 Å². The fraction of sp³-hybridized carbons (Fsp3) is 0.292. The lowest BCUT2D eigenvalue weighted by molar-refractivity contribution is -0.120. The van der Waals surface area contributed by atoms with Crippen molar-refractivity contribution in [3.63, 3.8) is 0 Å². The summed E-state index contributed by atoms with van der Waals surface area (Å²) in [7, 11) is 0. The molecule has 0 unspecified atom stereocenters. The molecular weight excluding hydrogens is 420 g/mol. The third kappa shape index (κ3) is 4.21. The maximum Gasteiger partial charge on any atom is 0.360 e. The van der Waals surface area contributed by atoms with E-state index in [0.29, 0.717) is 23.8 Å². The van der Waals surface area contributed by atoms with E-state index in [9.17, 15) is 9.59 Å². The van der Waals surface area contributed by atoms with Crippen LogP contribution < -0.4 is 15.8 Å². The molecule has 168 valence electrons. The zero-order chi connectivity index (χ0) is 22.9. The molecule has 1 saturated heterocycles. The molecule has 1 amide bonds. The molecule has 33 heavy (non-hydrogen) atoms. The third-order valence-corrected chi connectivity index (χ3v) is 5.88. The van der Waals surface area contributed by atoms with Crippen molar-refractivity contribution in [3.8, 4) is 5.82 Å². The Kier molecular flexibility index (Phi) is 5.37. The van der Waals surface area contributed by atoms with Crippen molar-refractivity contribution in [3.05, 3.63) is 70.3 Å². The van der Waals surface area contributed by atoms with Crippen molar-refractivity contribution < 1.29 is 9.21 Å². The number of amides is 1. The predicted octanol–water partition coefficient (Wildman–Crippen LogP) is 3.24. The quantitative estimate of drug-likeness (QED) is 0.482. The predicted molar refractivity (Wildman–Crippen MR) is 125 cm³/mol. The Bertz CT molecular complexity index is 1380. The van der Waals surface area contributed by atoms with Crippen molar-refractivity contribution in [2.24, 2.45) is 5.92 Å². The number of carbonyl (C=O) groups is 1. The minimum absolute atomic E-state index is 0.157. The molecule has 4 heterocycles. The zero-order valence-corrected chi connectivity index (χ0v) is 18.5. The minimum atomic E-state index is -0.555. The van der Waals surface area contributed by atoms with Gasteiger partial charge in [0, 0.05) is 24.2 Å². The van der Waals surface area contributed by atoms with E-state index in [0.717, 1.165) is 36.2 Å². The maximum atomic E-state index is 12.9. The number of aromatic nitrogens is 4. The Hall–Kier alpha value is -4.01. The van der Waals surface area contributed by atoms with Gasteiger partial charge in [-0.25, -0.2) is 9.48 Å². The first-order chi connectivity index (χ1) is 16.0. The Morgan fingerprint density at radius 2 is 1.88 bits per heavy atom. The lowest BCUT2D eigenvalue weighted by Gasteiger charge is -2.32. The molecule has 1 aliphatic heterocycles. The third-order valence-electron chi connectivity index (χ3n) is 5.88. The van der Waals surface area contributed by atoms with E-state index in [1.807, 2.05) is 44.2 Å². The number of nitrogens with zero attached hydrogens (tertiary/aromatic N) is 5. The second-order valence-corrected chi connectivity index (χ2v) is 8.35. The Balaban J connectivity index is 1.29. The molecule has 1 fully saturated rings. The van der Waals surface area contributed by atoms with E-state index >= 15 is 0 Å². The summed E-state index contributed by atoms with van der Waals surface area (Å²) < 4.78 is 7.08. The van der Waals surface area contributed by atoms with Gasteiger partial charge < -0.3 is 14.6 Å². The van der Waals surface area contributed by atoms with Crippen LogP contribution in [0.1, 0.15) is 24.2 Å². The number of para-hydroxylation sites is 1. The average molecular weight is 444 g/mol. The SMILES string of the molecule is Cc1cc(C)n(-c2ccc(N3CCC[C@@H](C(=O)Nc4cc5ccccc5oc4=O)C3)nn2)n1. The van der Waals surface area contributed by atoms with Crippen LogP contribution in [0.15, 0.2) is 57.7 Å². The van der Waals surface area contributed by atoms with Gasteiger partial charge in [0.1, 0.15) is 11.3 Å². The highest BCUT2D eigenvalue weighted by atomic mass is 16.4.